The molecule has 5 heteroatoms. The summed E-state index contributed by atoms with van der Waals surface area (Å²) in [4.78, 5) is 13.3. The maximum atomic E-state index is 11.8. The Labute approximate surface area is 123 Å². The molecule has 4 nitrogen and oxygen atoms in total. The fraction of sp³-hybridized carbons (Fsp3) is 0.500. The zero-order valence-electron chi connectivity index (χ0n) is 11.9. The van der Waals surface area contributed by atoms with E-state index in [1.165, 1.54) is 4.90 Å². The minimum atomic E-state index is -0.483. The van der Waals surface area contributed by atoms with Crippen LogP contribution in [0.4, 0.5) is 0 Å². The number of carbonyl (C=O) groups is 1. The molecule has 0 spiro atoms. The maximum absolute atomic E-state index is 11.8. The lowest BCUT2D eigenvalue weighted by Gasteiger charge is -2.19. The van der Waals surface area contributed by atoms with Crippen molar-refractivity contribution in [2.75, 3.05) is 20.6 Å². The first-order chi connectivity index (χ1) is 8.95. The normalized spacial score (nSPS) is 12.1. The molecule has 0 fully saturated rings. The number of nitrogens with one attached hydrogen (secondary N) is 1. The van der Waals surface area contributed by atoms with Crippen molar-refractivity contribution in [3.05, 3.63) is 28.2 Å². The number of hydrogen-bond donors (Lipinski definition) is 1. The Balaban J connectivity index is 2.76. The minimum absolute atomic E-state index is 0.0452. The molecular weight excluding hydrogens is 308 g/mol. The van der Waals surface area contributed by atoms with Crippen LogP contribution in [0.15, 0.2) is 22.7 Å². The van der Waals surface area contributed by atoms with E-state index in [4.69, 9.17) is 4.74 Å². The van der Waals surface area contributed by atoms with Gasteiger partial charge in [-0.15, -0.1) is 0 Å². The summed E-state index contributed by atoms with van der Waals surface area (Å²) in [6, 6.07) is 5.75. The van der Waals surface area contributed by atoms with Gasteiger partial charge in [0.25, 0.3) is 5.91 Å². The molecule has 0 aromatic heterocycles. The van der Waals surface area contributed by atoms with E-state index in [2.05, 4.69) is 28.2 Å². The third-order valence-corrected chi connectivity index (χ3v) is 3.46. The van der Waals surface area contributed by atoms with Crippen molar-refractivity contribution in [1.29, 1.82) is 0 Å². The molecule has 1 rings (SSSR count). The third-order valence-electron chi connectivity index (χ3n) is 2.68. The smallest absolute Gasteiger partial charge is 0.262 e. The van der Waals surface area contributed by atoms with E-state index in [9.17, 15) is 4.79 Å². The zero-order chi connectivity index (χ0) is 14.4. The number of benzene rings is 1. The van der Waals surface area contributed by atoms with Crippen LogP contribution in [0.1, 0.15) is 19.4 Å². The van der Waals surface area contributed by atoms with Crippen LogP contribution in [0.3, 0.4) is 0 Å². The van der Waals surface area contributed by atoms with Crippen LogP contribution >= 0.6 is 15.9 Å². The van der Waals surface area contributed by atoms with Crippen molar-refractivity contribution in [2.45, 2.75) is 26.5 Å². The van der Waals surface area contributed by atoms with E-state index in [1.807, 2.05) is 18.2 Å². The molecule has 1 N–H and O–H groups in total. The van der Waals surface area contributed by atoms with Gasteiger partial charge in [0, 0.05) is 25.1 Å². The molecule has 1 unspecified atom stereocenters. The van der Waals surface area contributed by atoms with Gasteiger partial charge in [-0.05, 0) is 37.2 Å². The number of amides is 1. The van der Waals surface area contributed by atoms with E-state index in [-0.39, 0.29) is 5.91 Å². The van der Waals surface area contributed by atoms with Crippen LogP contribution in [0.5, 0.6) is 5.75 Å². The van der Waals surface area contributed by atoms with Crippen LogP contribution < -0.4 is 10.1 Å². The van der Waals surface area contributed by atoms with E-state index in [1.54, 1.807) is 21.0 Å². The number of hydrogen-bond acceptors (Lipinski definition) is 3. The molecule has 1 aromatic carbocycles. The predicted molar refractivity (Wildman–Crippen MR) is 80.3 cm³/mol. The summed E-state index contributed by atoms with van der Waals surface area (Å²) >= 11 is 3.51. The molecule has 0 saturated heterocycles. The summed E-state index contributed by atoms with van der Waals surface area (Å²) in [7, 11) is 3.45. The lowest BCUT2D eigenvalue weighted by Crippen LogP contribution is -2.35. The van der Waals surface area contributed by atoms with E-state index < -0.39 is 6.10 Å². The van der Waals surface area contributed by atoms with Gasteiger partial charge in [0.15, 0.2) is 6.10 Å². The van der Waals surface area contributed by atoms with Crippen LogP contribution in [0.25, 0.3) is 0 Å². The number of ether oxygens (including phenoxy) is 1. The molecule has 0 aliphatic carbocycles. The fourth-order valence-corrected chi connectivity index (χ4v) is 2.02. The van der Waals surface area contributed by atoms with Gasteiger partial charge in [0.05, 0.1) is 0 Å². The summed E-state index contributed by atoms with van der Waals surface area (Å²) in [5.74, 6) is 0.662. The zero-order valence-corrected chi connectivity index (χ0v) is 13.5. The first kappa shape index (κ1) is 16.0. The van der Waals surface area contributed by atoms with Crippen LogP contribution in [0, 0.1) is 0 Å². The van der Waals surface area contributed by atoms with Crippen LogP contribution in [-0.4, -0.2) is 37.6 Å². The number of carbonyl (C=O) groups excluding carboxylic acids is 1. The number of rotatable bonds is 6. The Hall–Kier alpha value is -1.07. The lowest BCUT2D eigenvalue weighted by molar-refractivity contribution is -0.135. The Morgan fingerprint density at radius 1 is 1.47 bits per heavy atom. The predicted octanol–water partition coefficient (Wildman–Crippen LogP) is 2.41. The van der Waals surface area contributed by atoms with Crippen LogP contribution in [0.2, 0.25) is 0 Å². The minimum Gasteiger partial charge on any atom is -0.481 e. The fourth-order valence-electron chi connectivity index (χ4n) is 1.64. The average Bonchev–Trinajstić information content (AvgIpc) is 2.38. The molecule has 1 atom stereocenters. The van der Waals surface area contributed by atoms with Crippen molar-refractivity contribution in [3.8, 4) is 5.75 Å². The Morgan fingerprint density at radius 3 is 2.74 bits per heavy atom. The largest absolute Gasteiger partial charge is 0.481 e. The topological polar surface area (TPSA) is 41.6 Å². The second-order valence-corrected chi connectivity index (χ2v) is 5.38. The highest BCUT2D eigenvalue weighted by Crippen LogP contribution is 2.23. The summed E-state index contributed by atoms with van der Waals surface area (Å²) in [5.41, 5.74) is 1.11. The van der Waals surface area contributed by atoms with Crippen LogP contribution in [-0.2, 0) is 11.3 Å². The monoisotopic (exact) mass is 328 g/mol. The van der Waals surface area contributed by atoms with Gasteiger partial charge in [0.2, 0.25) is 0 Å². The van der Waals surface area contributed by atoms with Gasteiger partial charge in [-0.25, -0.2) is 0 Å². The number of halogens is 1. The van der Waals surface area contributed by atoms with E-state index in [0.29, 0.717) is 5.75 Å². The first-order valence-corrected chi connectivity index (χ1v) is 7.12. The van der Waals surface area contributed by atoms with Crippen molar-refractivity contribution in [1.82, 2.24) is 10.2 Å². The third kappa shape index (κ3) is 4.84. The van der Waals surface area contributed by atoms with Crippen molar-refractivity contribution in [2.24, 2.45) is 0 Å². The molecule has 19 heavy (non-hydrogen) atoms. The highest BCUT2D eigenvalue weighted by molar-refractivity contribution is 9.10. The highest BCUT2D eigenvalue weighted by atomic mass is 79.9. The Bertz CT molecular complexity index is 435. The highest BCUT2D eigenvalue weighted by Gasteiger charge is 2.16. The summed E-state index contributed by atoms with van der Waals surface area (Å²) in [6.45, 7) is 5.50. The van der Waals surface area contributed by atoms with E-state index >= 15 is 0 Å². The Morgan fingerprint density at radius 2 is 2.16 bits per heavy atom. The van der Waals surface area contributed by atoms with Gasteiger partial charge in [-0.2, -0.15) is 0 Å². The molecule has 0 saturated carbocycles. The van der Waals surface area contributed by atoms with Gasteiger partial charge >= 0.3 is 0 Å². The molecule has 0 heterocycles. The van der Waals surface area contributed by atoms with Crippen molar-refractivity contribution in [3.63, 3.8) is 0 Å². The molecule has 0 aliphatic rings. The summed E-state index contributed by atoms with van der Waals surface area (Å²) < 4.78 is 6.71. The van der Waals surface area contributed by atoms with Gasteiger partial charge in [0.1, 0.15) is 5.75 Å². The molecule has 106 valence electrons. The molecule has 1 amide bonds. The second-order valence-electron chi connectivity index (χ2n) is 4.53. The first-order valence-electron chi connectivity index (χ1n) is 6.32. The number of nitrogens with zero attached hydrogens (tertiary/aromatic N) is 1. The standard InChI is InChI=1S/C14H21BrN2O2/c1-5-16-9-11-8-12(6-7-13(11)15)19-10(2)14(18)17(3)4/h6-8,10,16H,5,9H2,1-4H3. The molecule has 1 aromatic rings. The molecular formula is C14H21BrN2O2. The Kier molecular flexibility index (Phi) is 6.31. The molecule has 0 radical (unpaired) electrons. The number of likely N-dealkylation sites (N-methyl/N-ethyl adjacent to an activating group) is 1. The quantitative estimate of drug-likeness (QED) is 0.871. The van der Waals surface area contributed by atoms with Crippen molar-refractivity contribution >= 4 is 21.8 Å². The molecule has 0 aliphatic heterocycles. The maximum Gasteiger partial charge on any atom is 0.262 e. The summed E-state index contributed by atoms with van der Waals surface area (Å²) in [6.07, 6.45) is -0.483. The van der Waals surface area contributed by atoms with E-state index in [0.717, 1.165) is 23.1 Å². The average molecular weight is 329 g/mol. The van der Waals surface area contributed by atoms with Crippen molar-refractivity contribution < 1.29 is 9.53 Å². The van der Waals surface area contributed by atoms with Gasteiger partial charge in [-0.3, -0.25) is 4.79 Å². The van der Waals surface area contributed by atoms with Gasteiger partial charge < -0.3 is 15.0 Å². The second kappa shape index (κ2) is 7.50. The summed E-state index contributed by atoms with van der Waals surface area (Å²) in [5, 5.41) is 3.27. The molecule has 0 bridgehead atoms. The SMILES string of the molecule is CCNCc1cc(OC(C)C(=O)N(C)C)ccc1Br. The van der Waals surface area contributed by atoms with Gasteiger partial charge in [-0.1, -0.05) is 22.9 Å². The lowest BCUT2D eigenvalue weighted by atomic mass is 10.2.